The number of benzene rings is 1. The Morgan fingerprint density at radius 3 is 2.71 bits per heavy atom. The first kappa shape index (κ1) is 23.3. The Hall–Kier alpha value is -2.38. The molecule has 8 nitrogen and oxygen atoms in total. The second-order valence-electron chi connectivity index (χ2n) is 5.94. The number of aromatic nitrogens is 3. The Morgan fingerprint density at radius 1 is 1.32 bits per heavy atom. The van der Waals surface area contributed by atoms with Gasteiger partial charge in [0.25, 0.3) is 21.7 Å². The Labute approximate surface area is 184 Å². The highest BCUT2D eigenvalue weighted by atomic mass is 35.5. The van der Waals surface area contributed by atoms with E-state index >= 15 is 0 Å². The molecule has 2 N–H and O–H groups in total. The van der Waals surface area contributed by atoms with E-state index in [-0.39, 0.29) is 67.4 Å². The first-order chi connectivity index (χ1) is 14.7. The van der Waals surface area contributed by atoms with Gasteiger partial charge in [-0.2, -0.15) is 13.8 Å². The van der Waals surface area contributed by atoms with Crippen LogP contribution in [0, 0.1) is 6.92 Å². The molecule has 0 aliphatic carbocycles. The monoisotopic (exact) mass is 496 g/mol. The van der Waals surface area contributed by atoms with E-state index in [0.717, 1.165) is 6.20 Å². The second kappa shape index (κ2) is 9.40. The molecule has 14 heteroatoms. The van der Waals surface area contributed by atoms with Crippen molar-refractivity contribution in [2.45, 2.75) is 22.5 Å². The summed E-state index contributed by atoms with van der Waals surface area (Å²) in [5.74, 6) is -3.06. The van der Waals surface area contributed by atoms with Gasteiger partial charge in [-0.3, -0.25) is 0 Å². The normalized spacial score (nSPS) is 11.8. The minimum atomic E-state index is -4.23. The van der Waals surface area contributed by atoms with E-state index in [9.17, 15) is 21.6 Å². The number of aromatic amines is 1. The molecule has 0 radical (unpaired) electrons. The van der Waals surface area contributed by atoms with E-state index < -0.39 is 22.5 Å². The summed E-state index contributed by atoms with van der Waals surface area (Å²) in [7, 11) is -2.94. The van der Waals surface area contributed by atoms with Crippen molar-refractivity contribution in [3.8, 4) is 11.6 Å². The molecule has 1 aromatic carbocycles. The number of hydrogen-bond donors (Lipinski definition) is 2. The molecule has 0 bridgehead atoms. The first-order valence-corrected chi connectivity index (χ1v) is 11.3. The number of hydrogen-bond acceptors (Lipinski definition) is 7. The van der Waals surface area contributed by atoms with Gasteiger partial charge in [-0.05, 0) is 19.1 Å². The van der Waals surface area contributed by atoms with Crippen molar-refractivity contribution in [2.75, 3.05) is 25.1 Å². The maximum atomic E-state index is 12.9. The molecule has 0 saturated carbocycles. The summed E-state index contributed by atoms with van der Waals surface area (Å²) >= 11 is 6.20. The lowest BCUT2D eigenvalue weighted by Gasteiger charge is -2.13. The number of sulfonamides is 1. The molecular weight excluding hydrogens is 481 g/mol. The number of aryl methyl sites for hydroxylation is 1. The number of nitrogens with one attached hydrogen (secondary N) is 2. The van der Waals surface area contributed by atoms with Crippen LogP contribution in [0.1, 0.15) is 5.69 Å². The van der Waals surface area contributed by atoms with Crippen LogP contribution < -0.4 is 14.2 Å². The van der Waals surface area contributed by atoms with Gasteiger partial charge < -0.3 is 14.5 Å². The van der Waals surface area contributed by atoms with Crippen molar-refractivity contribution in [1.29, 1.82) is 0 Å². The highest BCUT2D eigenvalue weighted by Gasteiger charge is 2.25. The van der Waals surface area contributed by atoms with Crippen LogP contribution in [0.15, 0.2) is 28.1 Å². The molecule has 0 unspecified atom stereocenters. The third-order valence-corrected chi connectivity index (χ3v) is 6.60. The Bertz CT molecular complexity index is 1210. The summed E-state index contributed by atoms with van der Waals surface area (Å²) in [5.41, 5.74) is 0.377. The number of anilines is 1. The van der Waals surface area contributed by atoms with Gasteiger partial charge in [0, 0.05) is 11.6 Å². The van der Waals surface area contributed by atoms with Gasteiger partial charge in [-0.1, -0.05) is 23.4 Å². The average molecular weight is 497 g/mol. The second-order valence-corrected chi connectivity index (χ2v) is 9.00. The fourth-order valence-electron chi connectivity index (χ4n) is 2.75. The van der Waals surface area contributed by atoms with Crippen LogP contribution in [0.4, 0.5) is 19.1 Å². The summed E-state index contributed by atoms with van der Waals surface area (Å²) < 4.78 is 76.5. The van der Waals surface area contributed by atoms with Gasteiger partial charge >= 0.3 is 0 Å². The summed E-state index contributed by atoms with van der Waals surface area (Å²) in [5, 5.41) is 0.218. The van der Waals surface area contributed by atoms with Gasteiger partial charge in [0.05, 0.1) is 28.2 Å². The van der Waals surface area contributed by atoms with Gasteiger partial charge in [-0.25, -0.2) is 22.5 Å². The van der Waals surface area contributed by atoms with E-state index in [1.165, 1.54) is 26.2 Å². The number of fused-ring (bicyclic) bond motifs is 1. The molecule has 3 rings (SSSR count). The van der Waals surface area contributed by atoms with Crippen molar-refractivity contribution < 1.29 is 31.1 Å². The van der Waals surface area contributed by atoms with Crippen LogP contribution in [0.5, 0.6) is 11.6 Å². The quantitative estimate of drug-likeness (QED) is 0.423. The van der Waals surface area contributed by atoms with Crippen molar-refractivity contribution in [1.82, 2.24) is 15.0 Å². The minimum Gasteiger partial charge on any atom is -0.484 e. The number of rotatable bonds is 9. The lowest BCUT2D eigenvalue weighted by Crippen LogP contribution is -2.16. The smallest absolute Gasteiger partial charge is 0.289 e. The first-order valence-electron chi connectivity index (χ1n) is 8.56. The average Bonchev–Trinajstić information content (AvgIpc) is 3.14. The van der Waals surface area contributed by atoms with Crippen LogP contribution in [0.3, 0.4) is 0 Å². The lowest BCUT2D eigenvalue weighted by atomic mass is 10.2. The number of thioether (sulfide) groups is 1. The maximum Gasteiger partial charge on any atom is 0.289 e. The van der Waals surface area contributed by atoms with Gasteiger partial charge in [0.1, 0.15) is 18.2 Å². The zero-order chi connectivity index (χ0) is 22.8. The van der Waals surface area contributed by atoms with E-state index in [4.69, 9.17) is 21.1 Å². The van der Waals surface area contributed by atoms with Crippen molar-refractivity contribution in [3.63, 3.8) is 0 Å². The Morgan fingerprint density at radius 2 is 2.06 bits per heavy atom. The van der Waals surface area contributed by atoms with E-state index in [2.05, 4.69) is 19.7 Å². The molecular formula is C17H16ClF3N4O4S2. The third-order valence-electron chi connectivity index (χ3n) is 3.97. The summed E-state index contributed by atoms with van der Waals surface area (Å²) in [4.78, 5) is 10.5. The molecule has 2 aromatic heterocycles. The topological polar surface area (TPSA) is 106 Å². The summed E-state index contributed by atoms with van der Waals surface area (Å²) in [6, 6.07) is 2.74. The van der Waals surface area contributed by atoms with Gasteiger partial charge in [0.2, 0.25) is 11.7 Å². The molecule has 0 saturated heterocycles. The van der Waals surface area contributed by atoms with Crippen LogP contribution in [-0.2, 0) is 10.0 Å². The highest BCUT2D eigenvalue weighted by molar-refractivity contribution is 8.00. The number of methoxy groups -OCH3 is 1. The Kier molecular flexibility index (Phi) is 7.06. The van der Waals surface area contributed by atoms with Crippen LogP contribution >= 0.6 is 23.4 Å². The zero-order valence-electron chi connectivity index (χ0n) is 16.1. The molecule has 3 aromatic rings. The molecule has 168 valence electrons. The largest absolute Gasteiger partial charge is 0.484 e. The number of nitrogens with zero attached hydrogens (tertiary/aromatic N) is 2. The van der Waals surface area contributed by atoms with Crippen LogP contribution in [0.2, 0.25) is 5.02 Å². The number of alkyl halides is 3. The van der Waals surface area contributed by atoms with Crippen molar-refractivity contribution in [2.24, 2.45) is 0 Å². The molecule has 0 spiro atoms. The third kappa shape index (κ3) is 4.93. The Balaban J connectivity index is 2.00. The van der Waals surface area contributed by atoms with E-state index in [1.807, 2.05) is 0 Å². The van der Waals surface area contributed by atoms with E-state index in [0.29, 0.717) is 0 Å². The van der Waals surface area contributed by atoms with Crippen LogP contribution in [-0.4, -0.2) is 49.5 Å². The molecule has 31 heavy (non-hydrogen) atoms. The fourth-order valence-corrected chi connectivity index (χ4v) is 4.80. The highest BCUT2D eigenvalue weighted by Crippen LogP contribution is 2.39. The standard InChI is InChI=1S/C17H16ClF3N4O4S2/c1-8-13(29-6-5-19)15(28-2)24-17(23-8)25-31(26,27)11-7-22-12-9(11)3-4-10(18)14(12)30-16(20)21/h3-4,7,16,22H,5-6H2,1-2H3,(H,23,24,25). The van der Waals surface area contributed by atoms with E-state index in [1.54, 1.807) is 0 Å². The zero-order valence-corrected chi connectivity index (χ0v) is 18.5. The summed E-state index contributed by atoms with van der Waals surface area (Å²) in [6.07, 6.45) is 1.15. The van der Waals surface area contributed by atoms with Crippen LogP contribution in [0.25, 0.3) is 10.9 Å². The summed E-state index contributed by atoms with van der Waals surface area (Å²) in [6.45, 7) is 0.521. The minimum absolute atomic E-state index is 0.0266. The predicted molar refractivity (Wildman–Crippen MR) is 111 cm³/mol. The molecule has 0 aliphatic rings. The number of halogens is 4. The molecule has 0 atom stereocenters. The maximum absolute atomic E-state index is 12.9. The SMILES string of the molecule is COc1nc(NS(=O)(=O)c2c[nH]c3c(SC(F)F)c(Cl)ccc23)nc(C)c1OCCF. The lowest BCUT2D eigenvalue weighted by molar-refractivity contribution is 0.252. The fraction of sp³-hybridized carbons (Fsp3) is 0.294. The van der Waals surface area contributed by atoms with Crippen molar-refractivity contribution >= 4 is 50.2 Å². The molecule has 0 aliphatic heterocycles. The van der Waals surface area contributed by atoms with Gasteiger partial charge in [-0.15, -0.1) is 0 Å². The molecule has 2 heterocycles. The number of ether oxygens (including phenoxy) is 2. The molecule has 0 amide bonds. The molecule has 0 fully saturated rings. The van der Waals surface area contributed by atoms with Gasteiger partial charge in [0.15, 0.2) is 0 Å². The number of H-pyrrole nitrogens is 1. The van der Waals surface area contributed by atoms with Crippen molar-refractivity contribution in [3.05, 3.63) is 29.0 Å². The predicted octanol–water partition coefficient (Wildman–Crippen LogP) is 4.39.